The van der Waals surface area contributed by atoms with Gasteiger partial charge in [-0.3, -0.25) is 14.4 Å². The molecular weight excluding hydrogens is 550 g/mol. The lowest BCUT2D eigenvalue weighted by Gasteiger charge is -2.23. The molecule has 2 atom stereocenters. The maximum Gasteiger partial charge on any atom is 0.325 e. The van der Waals surface area contributed by atoms with Crippen molar-refractivity contribution in [1.82, 2.24) is 10.2 Å². The van der Waals surface area contributed by atoms with E-state index in [0.29, 0.717) is 18.7 Å². The third kappa shape index (κ3) is 8.18. The maximum atomic E-state index is 13.9. The van der Waals surface area contributed by atoms with Gasteiger partial charge in [0.25, 0.3) is 0 Å². The number of ketones is 1. The SMILES string of the molecule is CB1OC(C)(C)c2ccc(CC(=O)[C@@H](Cc3cc(F)c(F)c(F)c3)NC(=O)[C@@H](N)CCC(=O)N(CCN)CCN)cc21. The molecule has 0 spiro atoms. The molecule has 0 bridgehead atoms. The highest BCUT2D eigenvalue weighted by Crippen LogP contribution is 2.30. The topological polar surface area (TPSA) is 154 Å². The lowest BCUT2D eigenvalue weighted by molar-refractivity contribution is -0.132. The Balaban J connectivity index is 1.77. The van der Waals surface area contributed by atoms with E-state index in [-0.39, 0.29) is 57.2 Å². The van der Waals surface area contributed by atoms with Gasteiger partial charge >= 0.3 is 6.92 Å². The van der Waals surface area contributed by atoms with Gasteiger partial charge in [0.05, 0.1) is 17.7 Å². The number of carbonyl (C=O) groups is 3. The number of hydrogen-bond donors (Lipinski definition) is 4. The van der Waals surface area contributed by atoms with Crippen LogP contribution in [0.3, 0.4) is 0 Å². The summed E-state index contributed by atoms with van der Waals surface area (Å²) in [6.07, 6.45) is -0.468. The van der Waals surface area contributed by atoms with Crippen LogP contribution in [0.5, 0.6) is 0 Å². The van der Waals surface area contributed by atoms with Crippen molar-refractivity contribution in [3.63, 3.8) is 0 Å². The number of benzene rings is 2. The second-order valence-electron chi connectivity index (χ2n) is 11.1. The predicted molar refractivity (Wildman–Crippen MR) is 154 cm³/mol. The minimum absolute atomic E-state index is 0.0183. The number of nitrogens with one attached hydrogen (secondary N) is 1. The molecule has 0 saturated carbocycles. The molecule has 0 saturated heterocycles. The van der Waals surface area contributed by atoms with Gasteiger partial charge in [-0.15, -0.1) is 0 Å². The van der Waals surface area contributed by atoms with Crippen molar-refractivity contribution in [2.24, 2.45) is 17.2 Å². The molecular formula is C29H39BF3N5O4. The van der Waals surface area contributed by atoms with Crippen LogP contribution in [-0.2, 0) is 37.5 Å². The lowest BCUT2D eigenvalue weighted by atomic mass is 9.63. The van der Waals surface area contributed by atoms with Crippen LogP contribution in [0.15, 0.2) is 30.3 Å². The highest BCUT2D eigenvalue weighted by atomic mass is 19.2. The van der Waals surface area contributed by atoms with E-state index < -0.39 is 46.8 Å². The second-order valence-corrected chi connectivity index (χ2v) is 11.1. The standard InChI is InChI=1S/C29H39BF3N5O4/c1-29(2)19-5-4-17(12-20(19)30(3)42-29)16-25(39)24(15-18-13-21(31)27(33)22(32)14-18)37-28(41)23(36)6-7-26(40)38(10-8-34)11-9-35/h4-5,12-14,23-24H,6-11,15-16,34-36H2,1-3H3,(H,37,41)/t23-,24+/m0/s1. The minimum Gasteiger partial charge on any atom is -0.422 e. The van der Waals surface area contributed by atoms with Gasteiger partial charge in [-0.05, 0) is 61.0 Å². The van der Waals surface area contributed by atoms with E-state index in [1.54, 1.807) is 6.07 Å². The van der Waals surface area contributed by atoms with Gasteiger partial charge in [0.15, 0.2) is 23.2 Å². The van der Waals surface area contributed by atoms with Crippen LogP contribution in [0.4, 0.5) is 13.2 Å². The number of hydrogen-bond acceptors (Lipinski definition) is 7. The normalized spacial score (nSPS) is 15.2. The van der Waals surface area contributed by atoms with Crippen LogP contribution in [0.1, 0.15) is 43.4 Å². The molecule has 9 nitrogen and oxygen atoms in total. The van der Waals surface area contributed by atoms with Crippen LogP contribution < -0.4 is 28.0 Å². The Morgan fingerprint density at radius 3 is 2.24 bits per heavy atom. The van der Waals surface area contributed by atoms with Crippen LogP contribution in [0.2, 0.25) is 6.82 Å². The first-order valence-electron chi connectivity index (χ1n) is 14.0. The smallest absolute Gasteiger partial charge is 0.325 e. The van der Waals surface area contributed by atoms with Gasteiger partial charge in [-0.25, -0.2) is 13.2 Å². The summed E-state index contributed by atoms with van der Waals surface area (Å²) in [6.45, 7) is 6.76. The molecule has 3 rings (SSSR count). The summed E-state index contributed by atoms with van der Waals surface area (Å²) in [7, 11) is 0. The van der Waals surface area contributed by atoms with Crippen LogP contribution >= 0.6 is 0 Å². The average molecular weight is 589 g/mol. The van der Waals surface area contributed by atoms with Gasteiger partial charge in [-0.2, -0.15) is 0 Å². The number of nitrogens with two attached hydrogens (primary N) is 3. The zero-order valence-electron chi connectivity index (χ0n) is 24.2. The molecule has 2 amide bonds. The van der Waals surface area contributed by atoms with E-state index in [2.05, 4.69) is 5.32 Å². The third-order valence-electron chi connectivity index (χ3n) is 7.40. The molecule has 1 heterocycles. The minimum atomic E-state index is -1.63. The Labute approximate surface area is 244 Å². The number of amides is 2. The zero-order chi connectivity index (χ0) is 31.2. The van der Waals surface area contributed by atoms with Gasteiger partial charge in [0, 0.05) is 39.0 Å². The molecule has 0 aromatic heterocycles. The van der Waals surface area contributed by atoms with Crippen molar-refractivity contribution < 1.29 is 32.2 Å². The largest absolute Gasteiger partial charge is 0.422 e. The van der Waals surface area contributed by atoms with Crippen molar-refractivity contribution in [3.05, 3.63) is 64.5 Å². The van der Waals surface area contributed by atoms with E-state index in [1.165, 1.54) is 4.90 Å². The first kappa shape index (κ1) is 33.2. The molecule has 1 aliphatic heterocycles. The Bertz CT molecular complexity index is 1280. The number of fused-ring (bicyclic) bond motifs is 1. The molecule has 7 N–H and O–H groups in total. The fourth-order valence-electron chi connectivity index (χ4n) is 5.23. The molecule has 1 aliphatic rings. The van der Waals surface area contributed by atoms with Gasteiger partial charge in [-0.1, -0.05) is 25.0 Å². The lowest BCUT2D eigenvalue weighted by Crippen LogP contribution is -2.50. The predicted octanol–water partition coefficient (Wildman–Crippen LogP) is 0.890. The molecule has 13 heteroatoms. The third-order valence-corrected chi connectivity index (χ3v) is 7.40. The Kier molecular flexibility index (Phi) is 11.3. The van der Waals surface area contributed by atoms with Gasteiger partial charge < -0.3 is 32.1 Å². The van der Waals surface area contributed by atoms with Crippen molar-refractivity contribution in [2.75, 3.05) is 26.2 Å². The average Bonchev–Trinajstić information content (AvgIpc) is 3.16. The highest BCUT2D eigenvalue weighted by Gasteiger charge is 2.37. The van der Waals surface area contributed by atoms with Crippen LogP contribution in [0.25, 0.3) is 0 Å². The second kappa shape index (κ2) is 14.3. The number of carbonyl (C=O) groups excluding carboxylic acids is 3. The monoisotopic (exact) mass is 589 g/mol. The van der Waals surface area contributed by atoms with E-state index in [1.807, 2.05) is 32.8 Å². The first-order chi connectivity index (χ1) is 19.8. The molecule has 228 valence electrons. The summed E-state index contributed by atoms with van der Waals surface area (Å²) in [6, 6.07) is 4.74. The number of nitrogens with zero attached hydrogens (tertiary/aromatic N) is 1. The van der Waals surface area contributed by atoms with Crippen LogP contribution in [-0.4, -0.2) is 67.7 Å². The quantitative estimate of drug-likeness (QED) is 0.189. The number of halogens is 3. The van der Waals surface area contributed by atoms with Crippen LogP contribution in [0, 0.1) is 17.5 Å². The fourth-order valence-corrected chi connectivity index (χ4v) is 5.23. The maximum absolute atomic E-state index is 13.9. The molecule has 0 fully saturated rings. The Hall–Kier alpha value is -3.26. The molecule has 0 unspecified atom stereocenters. The van der Waals surface area contributed by atoms with Crippen molar-refractivity contribution in [1.29, 1.82) is 0 Å². The summed E-state index contributed by atoms with van der Waals surface area (Å²) in [5, 5.41) is 2.57. The summed E-state index contributed by atoms with van der Waals surface area (Å²) in [5.41, 5.74) is 19.3. The highest BCUT2D eigenvalue weighted by molar-refractivity contribution is 6.67. The van der Waals surface area contributed by atoms with Crippen molar-refractivity contribution in [2.45, 2.75) is 64.0 Å². The van der Waals surface area contributed by atoms with E-state index in [9.17, 15) is 27.6 Å². The summed E-state index contributed by atoms with van der Waals surface area (Å²) in [5.74, 6) is -5.88. The number of Topliss-reactive ketones (excluding diaryl/α,β-unsaturated/α-hetero) is 1. The van der Waals surface area contributed by atoms with E-state index in [0.717, 1.165) is 23.2 Å². The molecule has 0 aliphatic carbocycles. The van der Waals surface area contributed by atoms with Gasteiger partial charge in [0.2, 0.25) is 11.8 Å². The Morgan fingerprint density at radius 1 is 1.02 bits per heavy atom. The molecule has 2 aromatic rings. The number of rotatable bonds is 14. The van der Waals surface area contributed by atoms with Crippen molar-refractivity contribution >= 4 is 30.0 Å². The molecule has 42 heavy (non-hydrogen) atoms. The van der Waals surface area contributed by atoms with E-state index >= 15 is 0 Å². The Morgan fingerprint density at radius 2 is 1.64 bits per heavy atom. The molecule has 0 radical (unpaired) electrons. The zero-order valence-corrected chi connectivity index (χ0v) is 24.2. The molecule has 2 aromatic carbocycles. The summed E-state index contributed by atoms with van der Waals surface area (Å²) < 4.78 is 47.4. The summed E-state index contributed by atoms with van der Waals surface area (Å²) in [4.78, 5) is 40.5. The van der Waals surface area contributed by atoms with Gasteiger partial charge in [0.1, 0.15) is 0 Å². The fraction of sp³-hybridized carbons (Fsp3) is 0.483. The summed E-state index contributed by atoms with van der Waals surface area (Å²) >= 11 is 0. The van der Waals surface area contributed by atoms with E-state index in [4.69, 9.17) is 21.9 Å². The first-order valence-corrected chi connectivity index (χ1v) is 14.0. The van der Waals surface area contributed by atoms with Crippen molar-refractivity contribution in [3.8, 4) is 0 Å².